The van der Waals surface area contributed by atoms with Crippen LogP contribution in [0.2, 0.25) is 0 Å². The summed E-state index contributed by atoms with van der Waals surface area (Å²) in [6.45, 7) is 5.18. The van der Waals surface area contributed by atoms with Gasteiger partial charge < -0.3 is 4.90 Å². The number of hydrazone groups is 1. The van der Waals surface area contributed by atoms with E-state index in [9.17, 15) is 4.79 Å². The Bertz CT molecular complexity index is 331. The summed E-state index contributed by atoms with van der Waals surface area (Å²) < 4.78 is 0. The first-order valence-corrected chi connectivity index (χ1v) is 5.47. The van der Waals surface area contributed by atoms with Crippen molar-refractivity contribution in [2.24, 2.45) is 11.0 Å². The van der Waals surface area contributed by atoms with Gasteiger partial charge in [-0.2, -0.15) is 10.4 Å². The highest BCUT2D eigenvalue weighted by Gasteiger charge is 2.25. The van der Waals surface area contributed by atoms with Crippen LogP contribution in [0.3, 0.4) is 0 Å². The fourth-order valence-corrected chi connectivity index (χ4v) is 1.78. The quantitative estimate of drug-likeness (QED) is 0.700. The van der Waals surface area contributed by atoms with Crippen LogP contribution in [0.5, 0.6) is 0 Å². The van der Waals surface area contributed by atoms with Crippen molar-refractivity contribution in [1.82, 2.24) is 10.3 Å². The zero-order chi connectivity index (χ0) is 12.1. The fraction of sp³-hybridized carbons (Fsp3) is 0.727. The largest absolute Gasteiger partial charge is 0.303 e. The van der Waals surface area contributed by atoms with E-state index in [1.807, 2.05) is 0 Å². The number of carbonyl (C=O) groups excluding carboxylic acids is 1. The third-order valence-corrected chi connectivity index (χ3v) is 2.95. The topological polar surface area (TPSA) is 68.5 Å². The van der Waals surface area contributed by atoms with Crippen LogP contribution in [-0.2, 0) is 4.79 Å². The van der Waals surface area contributed by atoms with E-state index in [-0.39, 0.29) is 12.3 Å². The molecule has 88 valence electrons. The van der Waals surface area contributed by atoms with E-state index in [0.29, 0.717) is 12.0 Å². The Morgan fingerprint density at radius 2 is 2.38 bits per heavy atom. The van der Waals surface area contributed by atoms with Crippen LogP contribution < -0.4 is 5.43 Å². The average molecular weight is 222 g/mol. The molecular formula is C11H18N4O. The van der Waals surface area contributed by atoms with E-state index >= 15 is 0 Å². The molecule has 1 heterocycles. The predicted molar refractivity (Wildman–Crippen MR) is 61.7 cm³/mol. The lowest BCUT2D eigenvalue weighted by molar-refractivity contribution is -0.120. The number of piperidine rings is 1. The molecule has 1 N–H and O–H groups in total. The van der Waals surface area contributed by atoms with Crippen molar-refractivity contribution in [1.29, 1.82) is 5.26 Å². The molecule has 0 aromatic heterocycles. The molecule has 2 atom stereocenters. The predicted octanol–water partition coefficient (Wildman–Crippen LogP) is 0.732. The molecule has 16 heavy (non-hydrogen) atoms. The van der Waals surface area contributed by atoms with E-state index in [2.05, 4.69) is 36.3 Å². The zero-order valence-electron chi connectivity index (χ0n) is 10.0. The Hall–Kier alpha value is -1.41. The lowest BCUT2D eigenvalue weighted by Crippen LogP contribution is -2.43. The maximum Gasteiger partial charge on any atom is 0.254 e. The van der Waals surface area contributed by atoms with E-state index in [1.54, 1.807) is 6.07 Å². The minimum absolute atomic E-state index is 0.138. The zero-order valence-corrected chi connectivity index (χ0v) is 10.0. The molecule has 5 nitrogen and oxygen atoms in total. The number of carbonyl (C=O) groups is 1. The molecule has 0 saturated carbocycles. The third kappa shape index (κ3) is 3.31. The number of rotatable bonds is 2. The van der Waals surface area contributed by atoms with Gasteiger partial charge in [0.2, 0.25) is 0 Å². The van der Waals surface area contributed by atoms with Crippen LogP contribution in [0.4, 0.5) is 0 Å². The lowest BCUT2D eigenvalue weighted by Gasteiger charge is -2.34. The van der Waals surface area contributed by atoms with E-state index in [0.717, 1.165) is 18.7 Å². The second-order valence-corrected chi connectivity index (χ2v) is 4.37. The summed E-state index contributed by atoms with van der Waals surface area (Å²) in [6.07, 6.45) is 0.727. The van der Waals surface area contributed by atoms with Gasteiger partial charge in [-0.15, -0.1) is 0 Å². The number of amides is 1. The molecule has 0 spiro atoms. The van der Waals surface area contributed by atoms with Crippen molar-refractivity contribution in [2.75, 3.05) is 13.6 Å². The summed E-state index contributed by atoms with van der Waals surface area (Å²) in [5.41, 5.74) is 3.44. The van der Waals surface area contributed by atoms with Crippen LogP contribution in [0, 0.1) is 17.2 Å². The van der Waals surface area contributed by atoms with Gasteiger partial charge in [0.25, 0.3) is 5.91 Å². The molecule has 0 aromatic carbocycles. The molecular weight excluding hydrogens is 204 g/mol. The van der Waals surface area contributed by atoms with Gasteiger partial charge in [0.05, 0.1) is 6.07 Å². The molecule has 1 aliphatic heterocycles. The van der Waals surface area contributed by atoms with Crippen LogP contribution in [0.1, 0.15) is 26.7 Å². The molecule has 0 unspecified atom stereocenters. The van der Waals surface area contributed by atoms with Gasteiger partial charge in [-0.3, -0.25) is 4.79 Å². The monoisotopic (exact) mass is 222 g/mol. The van der Waals surface area contributed by atoms with Crippen molar-refractivity contribution in [3.63, 3.8) is 0 Å². The van der Waals surface area contributed by atoms with Gasteiger partial charge in [-0.05, 0) is 14.0 Å². The molecule has 1 saturated heterocycles. The molecule has 1 aliphatic rings. The summed E-state index contributed by atoms with van der Waals surface area (Å²) in [7, 11) is 2.09. The smallest absolute Gasteiger partial charge is 0.254 e. The molecule has 0 aromatic rings. The summed E-state index contributed by atoms with van der Waals surface area (Å²) >= 11 is 0. The summed E-state index contributed by atoms with van der Waals surface area (Å²) in [6, 6.07) is 2.24. The Balaban J connectivity index is 2.56. The molecule has 1 rings (SSSR count). The van der Waals surface area contributed by atoms with Crippen molar-refractivity contribution < 1.29 is 4.79 Å². The van der Waals surface area contributed by atoms with Crippen LogP contribution in [0.25, 0.3) is 0 Å². The first-order valence-electron chi connectivity index (χ1n) is 5.47. The van der Waals surface area contributed by atoms with Gasteiger partial charge in [-0.1, -0.05) is 6.92 Å². The van der Waals surface area contributed by atoms with Crippen molar-refractivity contribution in [3.8, 4) is 6.07 Å². The molecule has 5 heteroatoms. The summed E-state index contributed by atoms with van der Waals surface area (Å²) in [4.78, 5) is 13.4. The summed E-state index contributed by atoms with van der Waals surface area (Å²) in [5, 5.41) is 12.4. The number of hydrogen-bond acceptors (Lipinski definition) is 4. The Morgan fingerprint density at radius 3 is 3.00 bits per heavy atom. The minimum atomic E-state index is -0.339. The first kappa shape index (κ1) is 12.7. The Labute approximate surface area is 96.1 Å². The van der Waals surface area contributed by atoms with Gasteiger partial charge in [0, 0.05) is 30.6 Å². The highest BCUT2D eigenvalue weighted by atomic mass is 16.2. The Morgan fingerprint density at radius 1 is 1.69 bits per heavy atom. The van der Waals surface area contributed by atoms with Gasteiger partial charge in [0.1, 0.15) is 6.42 Å². The molecule has 0 bridgehead atoms. The Kier molecular flexibility index (Phi) is 4.44. The van der Waals surface area contributed by atoms with E-state index in [1.165, 1.54) is 0 Å². The van der Waals surface area contributed by atoms with Crippen molar-refractivity contribution in [2.45, 2.75) is 32.7 Å². The van der Waals surface area contributed by atoms with Gasteiger partial charge >= 0.3 is 0 Å². The second-order valence-electron chi connectivity index (χ2n) is 4.37. The van der Waals surface area contributed by atoms with E-state index < -0.39 is 0 Å². The minimum Gasteiger partial charge on any atom is -0.303 e. The molecule has 0 radical (unpaired) electrons. The van der Waals surface area contributed by atoms with Crippen LogP contribution >= 0.6 is 0 Å². The van der Waals surface area contributed by atoms with Crippen LogP contribution in [0.15, 0.2) is 5.10 Å². The highest BCUT2D eigenvalue weighted by Crippen LogP contribution is 2.17. The highest BCUT2D eigenvalue weighted by molar-refractivity contribution is 5.89. The first-order chi connectivity index (χ1) is 7.54. The molecule has 1 fully saturated rings. The lowest BCUT2D eigenvalue weighted by atomic mass is 9.93. The van der Waals surface area contributed by atoms with Gasteiger partial charge in [-0.25, -0.2) is 5.43 Å². The normalized spacial score (nSPS) is 28.8. The maximum absolute atomic E-state index is 11.1. The number of nitriles is 1. The maximum atomic E-state index is 11.1. The number of nitrogens with zero attached hydrogens (tertiary/aromatic N) is 3. The number of nitrogens with one attached hydrogen (secondary N) is 1. The number of likely N-dealkylation sites (tertiary alicyclic amines) is 1. The summed E-state index contributed by atoms with van der Waals surface area (Å²) in [5.74, 6) is 0.0115. The number of hydrogen-bond donors (Lipinski definition) is 1. The molecule has 1 amide bonds. The SMILES string of the molecule is C[C@@H]1CN(C)[C@H](C)C/C1=N\NC(=O)CC#N. The second kappa shape index (κ2) is 5.61. The fourth-order valence-electron chi connectivity index (χ4n) is 1.78. The van der Waals surface area contributed by atoms with Crippen LogP contribution in [-0.4, -0.2) is 36.2 Å². The molecule has 0 aliphatic carbocycles. The average Bonchev–Trinajstić information content (AvgIpc) is 2.22. The van der Waals surface area contributed by atoms with Crippen molar-refractivity contribution >= 4 is 11.6 Å². The standard InChI is InChI=1S/C11H18N4O/c1-8-7-15(3)9(2)6-10(8)13-14-11(16)4-5-12/h8-9H,4,6-7H2,1-3H3,(H,14,16)/b13-10+/t8-,9-/m1/s1. The van der Waals surface area contributed by atoms with Gasteiger partial charge in [0.15, 0.2) is 0 Å². The third-order valence-electron chi connectivity index (χ3n) is 2.95. The van der Waals surface area contributed by atoms with E-state index in [4.69, 9.17) is 5.26 Å². The van der Waals surface area contributed by atoms with Crippen molar-refractivity contribution in [3.05, 3.63) is 0 Å².